The van der Waals surface area contributed by atoms with E-state index in [9.17, 15) is 9.90 Å². The van der Waals surface area contributed by atoms with E-state index in [1.54, 1.807) is 6.07 Å². The topological polar surface area (TPSA) is 45.5 Å². The first-order chi connectivity index (χ1) is 11.2. The number of likely N-dealkylation sites (tertiary alicyclic amines) is 1. The maximum absolute atomic E-state index is 12.0. The molecule has 0 aromatic carbocycles. The Balaban J connectivity index is 1.56. The molecule has 1 aromatic heterocycles. The van der Waals surface area contributed by atoms with E-state index in [-0.39, 0.29) is 11.7 Å². The Hall–Kier alpha value is -0.780. The molecular weight excluding hydrogens is 308 g/mol. The summed E-state index contributed by atoms with van der Waals surface area (Å²) in [6, 6.07) is 5.65. The normalized spacial score (nSPS) is 25.1. The summed E-state index contributed by atoms with van der Waals surface area (Å²) in [7, 11) is 0. The zero-order chi connectivity index (χ0) is 16.2. The minimum atomic E-state index is -0.242. The predicted molar refractivity (Wildman–Crippen MR) is 96.2 cm³/mol. The monoisotopic (exact) mass is 336 g/mol. The number of unbranched alkanes of at least 4 members (excludes halogenated alkanes) is 1. The van der Waals surface area contributed by atoms with Crippen molar-refractivity contribution in [2.45, 2.75) is 44.8 Å². The number of rotatable bonds is 7. The van der Waals surface area contributed by atoms with Crippen LogP contribution in [0.4, 0.5) is 0 Å². The molecule has 1 fully saturated rings. The number of nitrogens with zero attached hydrogens (tertiary/aromatic N) is 2. The third-order valence-electron chi connectivity index (χ3n) is 4.98. The first-order valence-electron chi connectivity index (χ1n) is 8.85. The summed E-state index contributed by atoms with van der Waals surface area (Å²) >= 11 is 1.86. The van der Waals surface area contributed by atoms with Gasteiger partial charge in [-0.15, -0.1) is 0 Å². The highest BCUT2D eigenvalue weighted by atomic mass is 32.2. The molecule has 3 rings (SSSR count). The highest BCUT2D eigenvalue weighted by Crippen LogP contribution is 2.34. The molecule has 3 heterocycles. The Morgan fingerprint density at radius 3 is 3.04 bits per heavy atom. The fourth-order valence-electron chi connectivity index (χ4n) is 3.96. The lowest BCUT2D eigenvalue weighted by molar-refractivity contribution is 0.0717. The van der Waals surface area contributed by atoms with Crippen molar-refractivity contribution in [1.29, 1.82) is 0 Å². The maximum atomic E-state index is 12.0. The molecule has 1 aromatic rings. The van der Waals surface area contributed by atoms with Gasteiger partial charge < -0.3 is 9.67 Å². The summed E-state index contributed by atoms with van der Waals surface area (Å²) in [4.78, 5) is 14.4. The van der Waals surface area contributed by atoms with Gasteiger partial charge in [0.25, 0.3) is 5.56 Å². The molecule has 0 radical (unpaired) electrons. The Morgan fingerprint density at radius 2 is 2.22 bits per heavy atom. The van der Waals surface area contributed by atoms with Crippen LogP contribution in [-0.2, 0) is 6.54 Å². The van der Waals surface area contributed by atoms with E-state index in [2.05, 4.69) is 17.9 Å². The minimum absolute atomic E-state index is 0.137. The van der Waals surface area contributed by atoms with Crippen LogP contribution in [0.2, 0.25) is 0 Å². The van der Waals surface area contributed by atoms with Crippen LogP contribution >= 0.6 is 11.8 Å². The zero-order valence-electron chi connectivity index (χ0n) is 14.0. The van der Waals surface area contributed by atoms with Gasteiger partial charge in [-0.05, 0) is 30.6 Å². The van der Waals surface area contributed by atoms with Crippen LogP contribution in [0, 0.1) is 5.92 Å². The van der Waals surface area contributed by atoms with Gasteiger partial charge in [-0.3, -0.25) is 9.69 Å². The van der Waals surface area contributed by atoms with Crippen molar-refractivity contribution in [3.8, 4) is 0 Å². The van der Waals surface area contributed by atoms with Crippen molar-refractivity contribution in [2.75, 3.05) is 31.1 Å². The fraction of sp³-hybridized carbons (Fsp3) is 0.722. The van der Waals surface area contributed by atoms with Crippen molar-refractivity contribution >= 4 is 11.8 Å². The lowest BCUT2D eigenvalue weighted by Gasteiger charge is -2.43. The Kier molecular flexibility index (Phi) is 5.83. The van der Waals surface area contributed by atoms with Gasteiger partial charge in [0.15, 0.2) is 0 Å². The smallest absolute Gasteiger partial charge is 0.250 e. The molecule has 0 unspecified atom stereocenters. The first kappa shape index (κ1) is 17.1. The van der Waals surface area contributed by atoms with Crippen molar-refractivity contribution < 1.29 is 5.11 Å². The SMILES string of the molecule is CCCCSC[C@H](O)CN1C[C@@H]2C[C@@H](C1)c1cccc(=O)n1C2. The lowest BCUT2D eigenvalue weighted by Crippen LogP contribution is -2.49. The molecule has 0 aliphatic carbocycles. The minimum Gasteiger partial charge on any atom is -0.391 e. The van der Waals surface area contributed by atoms with Gasteiger partial charge in [-0.2, -0.15) is 11.8 Å². The molecule has 5 heteroatoms. The standard InChI is InChI=1S/C18H28N2O2S/c1-2-3-7-23-13-16(21)12-19-9-14-8-15(11-19)17-5-4-6-18(22)20(17)10-14/h4-6,14-16,21H,2-3,7-13H2,1H3/t14-,15-,16+/m0/s1. The second kappa shape index (κ2) is 7.86. The molecule has 3 atom stereocenters. The van der Waals surface area contributed by atoms with Crippen LogP contribution in [0.5, 0.6) is 0 Å². The van der Waals surface area contributed by atoms with Crippen LogP contribution in [0.15, 0.2) is 23.0 Å². The molecule has 1 saturated heterocycles. The quantitative estimate of drug-likeness (QED) is 0.775. The number of β-amino-alcohol motifs (C(OH)–C–C–N with tert-alkyl or cyclic N) is 1. The van der Waals surface area contributed by atoms with E-state index < -0.39 is 0 Å². The molecule has 4 nitrogen and oxygen atoms in total. The van der Waals surface area contributed by atoms with E-state index >= 15 is 0 Å². The summed E-state index contributed by atoms with van der Waals surface area (Å²) in [5.41, 5.74) is 1.32. The molecule has 2 bridgehead atoms. The molecule has 2 aliphatic heterocycles. The highest BCUT2D eigenvalue weighted by Gasteiger charge is 2.34. The molecular formula is C18H28N2O2S. The molecule has 0 saturated carbocycles. The third kappa shape index (κ3) is 4.20. The molecule has 23 heavy (non-hydrogen) atoms. The zero-order valence-corrected chi connectivity index (χ0v) is 14.8. The summed E-state index contributed by atoms with van der Waals surface area (Å²) < 4.78 is 1.97. The number of piperidine rings is 1. The summed E-state index contributed by atoms with van der Waals surface area (Å²) in [6.45, 7) is 5.78. The summed E-state index contributed by atoms with van der Waals surface area (Å²) in [5.74, 6) is 2.97. The molecule has 128 valence electrons. The lowest BCUT2D eigenvalue weighted by atomic mass is 9.83. The van der Waals surface area contributed by atoms with Crippen molar-refractivity contribution in [3.63, 3.8) is 0 Å². The number of aliphatic hydroxyl groups is 1. The van der Waals surface area contributed by atoms with E-state index in [0.717, 1.165) is 37.7 Å². The number of pyridine rings is 1. The van der Waals surface area contributed by atoms with Crippen molar-refractivity contribution in [1.82, 2.24) is 9.47 Å². The van der Waals surface area contributed by atoms with Crippen LogP contribution < -0.4 is 5.56 Å². The van der Waals surface area contributed by atoms with Gasteiger partial charge in [-0.1, -0.05) is 19.4 Å². The predicted octanol–water partition coefficient (Wildman–Crippen LogP) is 2.16. The highest BCUT2D eigenvalue weighted by molar-refractivity contribution is 7.99. The van der Waals surface area contributed by atoms with Gasteiger partial charge in [0.1, 0.15) is 0 Å². The van der Waals surface area contributed by atoms with Gasteiger partial charge in [0.05, 0.1) is 6.10 Å². The van der Waals surface area contributed by atoms with E-state index in [1.807, 2.05) is 22.4 Å². The molecule has 2 aliphatic rings. The Morgan fingerprint density at radius 1 is 1.35 bits per heavy atom. The molecule has 0 amide bonds. The second-order valence-electron chi connectivity index (χ2n) is 7.00. The van der Waals surface area contributed by atoms with Crippen LogP contribution in [0.25, 0.3) is 0 Å². The largest absolute Gasteiger partial charge is 0.391 e. The van der Waals surface area contributed by atoms with Crippen LogP contribution in [0.1, 0.15) is 37.8 Å². The number of hydrogen-bond donors (Lipinski definition) is 1. The van der Waals surface area contributed by atoms with Gasteiger partial charge >= 0.3 is 0 Å². The van der Waals surface area contributed by atoms with E-state index in [1.165, 1.54) is 25.0 Å². The van der Waals surface area contributed by atoms with E-state index in [4.69, 9.17) is 0 Å². The average molecular weight is 337 g/mol. The number of aromatic nitrogens is 1. The number of fused-ring (bicyclic) bond motifs is 4. The van der Waals surface area contributed by atoms with Gasteiger partial charge in [0.2, 0.25) is 0 Å². The van der Waals surface area contributed by atoms with Crippen molar-refractivity contribution in [2.24, 2.45) is 5.92 Å². The number of aliphatic hydroxyl groups excluding tert-OH is 1. The average Bonchev–Trinajstić information content (AvgIpc) is 2.53. The van der Waals surface area contributed by atoms with E-state index in [0.29, 0.717) is 11.8 Å². The summed E-state index contributed by atoms with van der Waals surface area (Å²) in [6.07, 6.45) is 3.39. The second-order valence-corrected chi connectivity index (χ2v) is 8.15. The van der Waals surface area contributed by atoms with Crippen molar-refractivity contribution in [3.05, 3.63) is 34.2 Å². The maximum Gasteiger partial charge on any atom is 0.250 e. The Labute approximate surface area is 142 Å². The van der Waals surface area contributed by atoms with Gasteiger partial charge in [-0.25, -0.2) is 0 Å². The molecule has 1 N–H and O–H groups in total. The first-order valence-corrected chi connectivity index (χ1v) is 10.0. The van der Waals surface area contributed by atoms with Crippen LogP contribution in [-0.4, -0.2) is 51.8 Å². The number of thioether (sulfide) groups is 1. The van der Waals surface area contributed by atoms with Crippen LogP contribution in [0.3, 0.4) is 0 Å². The Bertz CT molecular complexity index is 574. The number of hydrogen-bond acceptors (Lipinski definition) is 4. The van der Waals surface area contributed by atoms with Gasteiger partial charge in [0, 0.05) is 49.6 Å². The third-order valence-corrected chi connectivity index (χ3v) is 6.17. The molecule has 0 spiro atoms. The summed E-state index contributed by atoms with van der Waals surface area (Å²) in [5, 5.41) is 10.3. The fourth-order valence-corrected chi connectivity index (χ4v) is 5.00.